The van der Waals surface area contributed by atoms with Crippen molar-refractivity contribution >= 4 is 17.9 Å². The van der Waals surface area contributed by atoms with Crippen LogP contribution >= 0.6 is 0 Å². The van der Waals surface area contributed by atoms with Crippen molar-refractivity contribution in [3.63, 3.8) is 0 Å². The normalized spacial score (nSPS) is 13.0. The number of carbonyl (C=O) groups excluding carboxylic acids is 3. The van der Waals surface area contributed by atoms with Gasteiger partial charge in [0.25, 0.3) is 0 Å². The monoisotopic (exact) mass is 1320 g/mol. The molecule has 9 nitrogen and oxygen atoms in total. The lowest BCUT2D eigenvalue weighted by atomic mass is 10.0. The summed E-state index contributed by atoms with van der Waals surface area (Å²) in [5, 5.41) is 11.9. The number of esters is 2. The first-order valence-electron chi connectivity index (χ1n) is 40.6. The van der Waals surface area contributed by atoms with Gasteiger partial charge >= 0.3 is 11.9 Å². The highest BCUT2D eigenvalue weighted by Crippen LogP contribution is 2.20. The van der Waals surface area contributed by atoms with Crippen molar-refractivity contribution < 1.29 is 42.9 Å². The van der Waals surface area contributed by atoms with Crippen LogP contribution in [0.15, 0.2) is 72.9 Å². The third kappa shape index (κ3) is 76.1. The number of carboxylic acids is 1. The van der Waals surface area contributed by atoms with Crippen LogP contribution in [0, 0.1) is 0 Å². The summed E-state index contributed by atoms with van der Waals surface area (Å²) in [5.74, 6) is -2.26. The number of carbonyl (C=O) groups is 3. The molecule has 0 aromatic heterocycles. The van der Waals surface area contributed by atoms with E-state index in [1.807, 2.05) is 21.1 Å². The van der Waals surface area contributed by atoms with Gasteiger partial charge in [-0.05, 0) is 64.2 Å². The summed E-state index contributed by atoms with van der Waals surface area (Å²) in [6.45, 7) is 4.70. The smallest absolute Gasteiger partial charge is 0.306 e. The number of likely N-dealkylation sites (N-methyl/N-ethyl adjacent to an activating group) is 1. The van der Waals surface area contributed by atoms with Gasteiger partial charge in [0.15, 0.2) is 12.4 Å². The zero-order chi connectivity index (χ0) is 68.2. The number of nitrogens with zero attached hydrogens (tertiary/aromatic N) is 1. The van der Waals surface area contributed by atoms with E-state index < -0.39 is 24.3 Å². The third-order valence-electron chi connectivity index (χ3n) is 18.2. The number of allylic oxidation sites excluding steroid dienone is 12. The molecule has 0 aromatic rings. The predicted molar refractivity (Wildman–Crippen MR) is 403 cm³/mol. The molecule has 0 saturated heterocycles. The maximum absolute atomic E-state index is 13.0. The van der Waals surface area contributed by atoms with Crippen molar-refractivity contribution in [3.05, 3.63) is 72.9 Å². The van der Waals surface area contributed by atoms with E-state index in [9.17, 15) is 19.5 Å². The molecule has 548 valence electrons. The van der Waals surface area contributed by atoms with Crippen LogP contribution in [0.25, 0.3) is 0 Å². The molecule has 0 fully saturated rings. The number of quaternary nitrogens is 1. The molecule has 0 bridgehead atoms. The van der Waals surface area contributed by atoms with E-state index in [1.165, 1.54) is 283 Å². The van der Waals surface area contributed by atoms with E-state index in [0.29, 0.717) is 23.9 Å². The molecule has 0 amide bonds. The van der Waals surface area contributed by atoms with Gasteiger partial charge in [0.1, 0.15) is 13.2 Å². The minimum Gasteiger partial charge on any atom is -0.545 e. The molecule has 2 unspecified atom stereocenters. The van der Waals surface area contributed by atoms with E-state index >= 15 is 0 Å². The van der Waals surface area contributed by atoms with Gasteiger partial charge in [-0.2, -0.15) is 0 Å². The maximum Gasteiger partial charge on any atom is 0.306 e. The van der Waals surface area contributed by atoms with Gasteiger partial charge in [-0.15, -0.1) is 0 Å². The van der Waals surface area contributed by atoms with Crippen LogP contribution in [-0.2, 0) is 33.3 Å². The quantitative estimate of drug-likeness (QED) is 0.0195. The van der Waals surface area contributed by atoms with Crippen LogP contribution in [-0.4, -0.2) is 82.3 Å². The topological polar surface area (TPSA) is 111 Å². The molecular formula is C85H155NO8. The Balaban J connectivity index is 3.99. The van der Waals surface area contributed by atoms with E-state index in [1.54, 1.807) is 0 Å². The highest BCUT2D eigenvalue weighted by atomic mass is 16.7. The number of hydrogen-bond acceptors (Lipinski definition) is 8. The number of unbranched alkanes of at least 4 members (excludes halogenated alkanes) is 49. The lowest BCUT2D eigenvalue weighted by Gasteiger charge is -2.26. The second-order valence-corrected chi connectivity index (χ2v) is 28.7. The van der Waals surface area contributed by atoms with Crippen LogP contribution in [0.2, 0.25) is 0 Å². The zero-order valence-corrected chi connectivity index (χ0v) is 62.8. The fourth-order valence-corrected chi connectivity index (χ4v) is 12.1. The Morgan fingerprint density at radius 2 is 0.606 bits per heavy atom. The fourth-order valence-electron chi connectivity index (χ4n) is 12.1. The zero-order valence-electron chi connectivity index (χ0n) is 62.8. The van der Waals surface area contributed by atoms with Gasteiger partial charge < -0.3 is 33.3 Å². The standard InChI is InChI=1S/C85H155NO8/c1-6-8-10-12-14-16-18-20-22-24-26-28-30-32-34-36-38-40-41-42-44-45-47-49-51-53-55-57-59-61-63-65-67-69-71-73-75-82(87)92-79-81(80-93-85(84(89)90)91-78-77-86(3,4)5)94-83(88)76-74-72-70-68-66-64-62-60-58-56-54-52-50-48-46-43-39-37-35-33-31-29-27-25-23-21-19-17-15-13-11-9-7-2/h9,11,15,17,21,23,27,29,33,35,39,43,81,85H,6-8,10,12-14,16,18-20,22,24-26,28,30-32,34,36-38,40-42,44-80H2,1-5H3/b11-9-,17-15-,23-21-,29-27-,35-33-,43-39-. The number of carboxylic acid groups (broad SMARTS) is 1. The summed E-state index contributed by atoms with van der Waals surface area (Å²) < 4.78 is 22.9. The van der Waals surface area contributed by atoms with Crippen LogP contribution in [0.4, 0.5) is 0 Å². The van der Waals surface area contributed by atoms with Crippen molar-refractivity contribution in [1.82, 2.24) is 0 Å². The Labute approximate surface area is 583 Å². The molecule has 2 atom stereocenters. The number of hydrogen-bond donors (Lipinski definition) is 0. The molecule has 0 radical (unpaired) electrons. The van der Waals surface area contributed by atoms with Gasteiger partial charge in [0, 0.05) is 12.8 Å². The molecule has 9 heteroatoms. The SMILES string of the molecule is CC/C=C\C/C=C\C/C=C\C/C=C\C/C=C\C/C=C\CCCCCCCCCCCCCCCCC(=O)OC(COC(=O)CCCCCCCCCCCCCCCCCCCCCCCCCCCCCCCCCCCCCC)COC(OCC[N+](C)(C)C)C(=O)[O-]. The molecule has 0 aliphatic rings. The van der Waals surface area contributed by atoms with Crippen LogP contribution in [0.3, 0.4) is 0 Å². The molecule has 94 heavy (non-hydrogen) atoms. The van der Waals surface area contributed by atoms with Crippen molar-refractivity contribution in [3.8, 4) is 0 Å². The van der Waals surface area contributed by atoms with Gasteiger partial charge in [0.2, 0.25) is 0 Å². The molecular weight excluding hydrogens is 1160 g/mol. The van der Waals surface area contributed by atoms with Crippen molar-refractivity contribution in [2.24, 2.45) is 0 Å². The Kier molecular flexibility index (Phi) is 72.9. The maximum atomic E-state index is 13.0. The molecule has 0 aromatic carbocycles. The summed E-state index contributed by atoms with van der Waals surface area (Å²) in [6.07, 6.45) is 98.9. The van der Waals surface area contributed by atoms with Crippen molar-refractivity contribution in [2.75, 3.05) is 47.5 Å². The fraction of sp³-hybridized carbons (Fsp3) is 0.824. The minimum atomic E-state index is -1.62. The van der Waals surface area contributed by atoms with Crippen LogP contribution in [0.5, 0.6) is 0 Å². The van der Waals surface area contributed by atoms with Crippen molar-refractivity contribution in [1.29, 1.82) is 0 Å². The first-order valence-corrected chi connectivity index (χ1v) is 40.6. The molecule has 0 heterocycles. The number of aliphatic carboxylic acids is 1. The summed E-state index contributed by atoms with van der Waals surface area (Å²) in [7, 11) is 5.95. The number of ether oxygens (including phenoxy) is 4. The average molecular weight is 1320 g/mol. The highest BCUT2D eigenvalue weighted by molar-refractivity contribution is 5.70. The van der Waals surface area contributed by atoms with E-state index in [2.05, 4.69) is 86.8 Å². The Bertz CT molecular complexity index is 1780. The number of rotatable bonds is 76. The average Bonchev–Trinajstić information content (AvgIpc) is 3.35. The lowest BCUT2D eigenvalue weighted by Crippen LogP contribution is -2.44. The van der Waals surface area contributed by atoms with Gasteiger partial charge in [-0.3, -0.25) is 9.59 Å². The van der Waals surface area contributed by atoms with E-state index in [-0.39, 0.29) is 32.2 Å². The van der Waals surface area contributed by atoms with Crippen LogP contribution < -0.4 is 5.11 Å². The molecule has 0 rings (SSSR count). The largest absolute Gasteiger partial charge is 0.545 e. The Hall–Kier alpha value is -3.27. The Morgan fingerprint density at radius 1 is 0.330 bits per heavy atom. The third-order valence-corrected chi connectivity index (χ3v) is 18.2. The van der Waals surface area contributed by atoms with Gasteiger partial charge in [-0.1, -0.05) is 389 Å². The second kappa shape index (κ2) is 75.5. The van der Waals surface area contributed by atoms with E-state index in [0.717, 1.165) is 77.0 Å². The molecule has 0 aliphatic heterocycles. The second-order valence-electron chi connectivity index (χ2n) is 28.7. The summed E-state index contributed by atoms with van der Waals surface area (Å²) in [6, 6.07) is 0. The van der Waals surface area contributed by atoms with Gasteiger partial charge in [-0.25, -0.2) is 0 Å². The Morgan fingerprint density at radius 3 is 0.904 bits per heavy atom. The molecule has 0 spiro atoms. The summed E-state index contributed by atoms with van der Waals surface area (Å²) >= 11 is 0. The van der Waals surface area contributed by atoms with E-state index in [4.69, 9.17) is 18.9 Å². The molecule has 0 aliphatic carbocycles. The highest BCUT2D eigenvalue weighted by Gasteiger charge is 2.22. The lowest BCUT2D eigenvalue weighted by molar-refractivity contribution is -0.870. The van der Waals surface area contributed by atoms with Crippen molar-refractivity contribution in [2.45, 2.75) is 405 Å². The summed E-state index contributed by atoms with van der Waals surface area (Å²) in [5.41, 5.74) is 0. The summed E-state index contributed by atoms with van der Waals surface area (Å²) in [4.78, 5) is 37.6. The van der Waals surface area contributed by atoms with Gasteiger partial charge in [0.05, 0.1) is 40.3 Å². The van der Waals surface area contributed by atoms with Crippen LogP contribution in [0.1, 0.15) is 393 Å². The first kappa shape index (κ1) is 90.7. The predicted octanol–water partition coefficient (Wildman–Crippen LogP) is 24.6. The molecule has 0 saturated carbocycles. The minimum absolute atomic E-state index is 0.148. The first-order chi connectivity index (χ1) is 46.1. The molecule has 0 N–H and O–H groups in total.